The van der Waals surface area contributed by atoms with E-state index >= 15 is 0 Å². The predicted octanol–water partition coefficient (Wildman–Crippen LogP) is 4.84. The highest BCUT2D eigenvalue weighted by Gasteiger charge is 2.20. The van der Waals surface area contributed by atoms with Crippen molar-refractivity contribution in [1.82, 2.24) is 10.3 Å². The second kappa shape index (κ2) is 9.86. The van der Waals surface area contributed by atoms with Gasteiger partial charge in [-0.2, -0.15) is 0 Å². The molecule has 1 aromatic carbocycles. The Hall–Kier alpha value is -2.16. The van der Waals surface area contributed by atoms with Crippen molar-refractivity contribution in [2.45, 2.75) is 29.5 Å². The number of thioether (sulfide) groups is 1. The first-order valence-corrected chi connectivity index (χ1v) is 11.3. The molecule has 5 nitrogen and oxygen atoms in total. The van der Waals surface area contributed by atoms with Crippen LogP contribution in [-0.2, 0) is 15.3 Å². The summed E-state index contributed by atoms with van der Waals surface area (Å²) in [7, 11) is 1.35. The number of benzene rings is 1. The highest BCUT2D eigenvalue weighted by Crippen LogP contribution is 2.26. The molecule has 0 saturated carbocycles. The van der Waals surface area contributed by atoms with Crippen LogP contribution in [0.25, 0.3) is 0 Å². The van der Waals surface area contributed by atoms with Crippen molar-refractivity contribution in [3.8, 4) is 0 Å². The summed E-state index contributed by atoms with van der Waals surface area (Å²) in [6.07, 6.45) is 0.102. The fourth-order valence-electron chi connectivity index (χ4n) is 2.50. The van der Waals surface area contributed by atoms with Crippen LogP contribution in [0.15, 0.2) is 51.5 Å². The average Bonchev–Trinajstić information content (AvgIpc) is 3.38. The molecule has 3 aromatic rings. The summed E-state index contributed by atoms with van der Waals surface area (Å²) in [6, 6.07) is 10.9. The van der Waals surface area contributed by atoms with E-state index in [1.54, 1.807) is 23.1 Å². The summed E-state index contributed by atoms with van der Waals surface area (Å²) >= 11 is 4.82. The summed E-state index contributed by atoms with van der Waals surface area (Å²) in [4.78, 5) is 29.7. The first-order valence-electron chi connectivity index (χ1n) is 8.60. The van der Waals surface area contributed by atoms with Crippen LogP contribution in [0.4, 0.5) is 0 Å². The molecule has 0 spiro atoms. The maximum atomic E-state index is 12.6. The molecule has 0 aliphatic heterocycles. The molecule has 0 bridgehead atoms. The van der Waals surface area contributed by atoms with Crippen LogP contribution in [0.2, 0.25) is 0 Å². The van der Waals surface area contributed by atoms with E-state index in [1.807, 2.05) is 54.1 Å². The van der Waals surface area contributed by atoms with Crippen LogP contribution in [0.1, 0.15) is 39.0 Å². The maximum absolute atomic E-state index is 12.6. The lowest BCUT2D eigenvalue weighted by Crippen LogP contribution is -2.30. The number of aromatic nitrogens is 1. The number of rotatable bonds is 8. The van der Waals surface area contributed by atoms with Gasteiger partial charge in [-0.1, -0.05) is 30.0 Å². The molecular weight excluding hydrogens is 412 g/mol. The number of hydrogen-bond donors (Lipinski definition) is 1. The first-order chi connectivity index (χ1) is 13.5. The Bertz CT molecular complexity index is 921. The van der Waals surface area contributed by atoms with E-state index in [1.165, 1.54) is 18.4 Å². The third-order valence-corrected chi connectivity index (χ3v) is 7.16. The molecule has 0 radical (unpaired) electrons. The smallest absolute Gasteiger partial charge is 0.307 e. The number of amides is 1. The van der Waals surface area contributed by atoms with Crippen LogP contribution in [0, 0.1) is 6.92 Å². The normalized spacial score (nSPS) is 11.8. The summed E-state index contributed by atoms with van der Waals surface area (Å²) in [6.45, 7) is 1.98. The molecule has 146 valence electrons. The Balaban J connectivity index is 1.61. The minimum absolute atomic E-state index is 0.102. The second-order valence-electron chi connectivity index (χ2n) is 6.06. The highest BCUT2D eigenvalue weighted by molar-refractivity contribution is 8.00. The van der Waals surface area contributed by atoms with Gasteiger partial charge in [0.05, 0.1) is 19.6 Å². The first kappa shape index (κ1) is 20.6. The predicted molar refractivity (Wildman–Crippen MR) is 114 cm³/mol. The van der Waals surface area contributed by atoms with Gasteiger partial charge in [0.2, 0.25) is 0 Å². The molecule has 0 fully saturated rings. The fraction of sp³-hybridized carbons (Fsp3) is 0.250. The van der Waals surface area contributed by atoms with Gasteiger partial charge in [-0.15, -0.1) is 22.7 Å². The van der Waals surface area contributed by atoms with Crippen molar-refractivity contribution in [3.63, 3.8) is 0 Å². The van der Waals surface area contributed by atoms with E-state index in [4.69, 9.17) is 4.74 Å². The number of carbonyl (C=O) groups is 2. The minimum atomic E-state index is -0.400. The lowest BCUT2D eigenvalue weighted by molar-refractivity contribution is -0.141. The molecule has 1 atom stereocenters. The SMILES string of the molecule is COC(=O)CC(NC(=O)c1ccc(CSc2nc(C)cs2)cc1)c1cccs1. The number of ether oxygens (including phenoxy) is 1. The second-order valence-corrected chi connectivity index (χ2v) is 9.12. The highest BCUT2D eigenvalue weighted by atomic mass is 32.2. The van der Waals surface area contributed by atoms with Crippen LogP contribution in [0.3, 0.4) is 0 Å². The molecular formula is C20H20N2O3S3. The van der Waals surface area contributed by atoms with Crippen molar-refractivity contribution >= 4 is 46.3 Å². The van der Waals surface area contributed by atoms with Gasteiger partial charge in [-0.3, -0.25) is 9.59 Å². The van der Waals surface area contributed by atoms with Gasteiger partial charge >= 0.3 is 5.97 Å². The number of aryl methyl sites for hydroxylation is 1. The van der Waals surface area contributed by atoms with Gasteiger partial charge in [-0.05, 0) is 36.1 Å². The fourth-order valence-corrected chi connectivity index (χ4v) is 5.08. The van der Waals surface area contributed by atoms with E-state index in [2.05, 4.69) is 10.3 Å². The molecule has 1 unspecified atom stereocenters. The van der Waals surface area contributed by atoms with Gasteiger partial charge in [0.25, 0.3) is 5.91 Å². The van der Waals surface area contributed by atoms with Crippen LogP contribution >= 0.6 is 34.4 Å². The Kier molecular flexibility index (Phi) is 7.24. The molecule has 0 saturated heterocycles. The summed E-state index contributed by atoms with van der Waals surface area (Å²) < 4.78 is 5.80. The van der Waals surface area contributed by atoms with Crippen LogP contribution in [-0.4, -0.2) is 24.0 Å². The zero-order valence-electron chi connectivity index (χ0n) is 15.5. The van der Waals surface area contributed by atoms with E-state index < -0.39 is 6.04 Å². The van der Waals surface area contributed by atoms with Crippen LogP contribution < -0.4 is 5.32 Å². The number of esters is 1. The summed E-state index contributed by atoms with van der Waals surface area (Å²) in [5.74, 6) is 0.232. The maximum Gasteiger partial charge on any atom is 0.307 e. The molecule has 3 rings (SSSR count). The summed E-state index contributed by atoms with van der Waals surface area (Å²) in [5.41, 5.74) is 2.72. The van der Waals surface area contributed by atoms with E-state index in [0.717, 1.165) is 26.2 Å². The van der Waals surface area contributed by atoms with Gasteiger partial charge in [0.15, 0.2) is 0 Å². The summed E-state index contributed by atoms with van der Waals surface area (Å²) in [5, 5.41) is 6.89. The number of hydrogen-bond acceptors (Lipinski definition) is 7. The zero-order chi connectivity index (χ0) is 19.9. The Morgan fingerprint density at radius 1 is 1.21 bits per heavy atom. The standard InChI is InChI=1S/C20H20N2O3S3/c1-13-11-27-20(21-13)28-12-14-5-7-15(8-6-14)19(24)22-16(10-18(23)25-2)17-4-3-9-26-17/h3-9,11,16H,10,12H2,1-2H3,(H,22,24). The minimum Gasteiger partial charge on any atom is -0.469 e. The molecule has 0 aliphatic carbocycles. The van der Waals surface area contributed by atoms with Crippen molar-refractivity contribution in [2.24, 2.45) is 0 Å². The van der Waals surface area contributed by atoms with Crippen molar-refractivity contribution in [1.29, 1.82) is 0 Å². The molecule has 28 heavy (non-hydrogen) atoms. The van der Waals surface area contributed by atoms with E-state index in [0.29, 0.717) is 5.56 Å². The molecule has 1 N–H and O–H groups in total. The van der Waals surface area contributed by atoms with E-state index in [-0.39, 0.29) is 18.3 Å². The zero-order valence-corrected chi connectivity index (χ0v) is 18.0. The third-order valence-electron chi connectivity index (χ3n) is 3.97. The Labute approximate surface area is 176 Å². The number of nitrogens with one attached hydrogen (secondary N) is 1. The quantitative estimate of drug-likeness (QED) is 0.407. The number of nitrogens with zero attached hydrogens (tertiary/aromatic N) is 1. The van der Waals surface area contributed by atoms with E-state index in [9.17, 15) is 9.59 Å². The molecule has 0 aliphatic rings. The van der Waals surface area contributed by atoms with Crippen molar-refractivity contribution in [3.05, 3.63) is 68.9 Å². The lowest BCUT2D eigenvalue weighted by atomic mass is 10.1. The Morgan fingerprint density at radius 3 is 2.61 bits per heavy atom. The van der Waals surface area contributed by atoms with Crippen molar-refractivity contribution < 1.29 is 14.3 Å². The lowest BCUT2D eigenvalue weighted by Gasteiger charge is -2.16. The third kappa shape index (κ3) is 5.67. The monoisotopic (exact) mass is 432 g/mol. The van der Waals surface area contributed by atoms with Gasteiger partial charge in [-0.25, -0.2) is 4.98 Å². The molecule has 2 aromatic heterocycles. The van der Waals surface area contributed by atoms with Crippen molar-refractivity contribution in [2.75, 3.05) is 7.11 Å². The molecule has 8 heteroatoms. The topological polar surface area (TPSA) is 68.3 Å². The van der Waals surface area contributed by atoms with Gasteiger partial charge in [0.1, 0.15) is 4.34 Å². The molecule has 2 heterocycles. The number of thiophene rings is 1. The van der Waals surface area contributed by atoms with Gasteiger partial charge in [0, 0.05) is 27.3 Å². The van der Waals surface area contributed by atoms with Gasteiger partial charge < -0.3 is 10.1 Å². The largest absolute Gasteiger partial charge is 0.469 e. The molecule has 1 amide bonds. The average molecular weight is 433 g/mol. The van der Waals surface area contributed by atoms with Crippen LogP contribution in [0.5, 0.6) is 0 Å². The number of carbonyl (C=O) groups excluding carboxylic acids is 2. The number of thiazole rings is 1. The number of methoxy groups -OCH3 is 1. The Morgan fingerprint density at radius 2 is 2.00 bits per heavy atom.